The fraction of sp³-hybridized carbons (Fsp3) is 0.750. The van der Waals surface area contributed by atoms with Gasteiger partial charge in [0.1, 0.15) is 0 Å². The highest BCUT2D eigenvalue weighted by Crippen LogP contribution is 2.22. The van der Waals surface area contributed by atoms with Crippen LogP contribution in [0.5, 0.6) is 0 Å². The molecule has 0 aliphatic carbocycles. The molecule has 0 aromatic heterocycles. The van der Waals surface area contributed by atoms with Gasteiger partial charge in [-0.15, -0.1) is 0 Å². The summed E-state index contributed by atoms with van der Waals surface area (Å²) in [5, 5.41) is 0. The molecule has 0 amide bonds. The van der Waals surface area contributed by atoms with E-state index in [1.54, 1.807) is 6.92 Å². The second kappa shape index (κ2) is 8.30. The molecular weight excluding hydrogens is 189 g/mol. The highest BCUT2D eigenvalue weighted by molar-refractivity contribution is 7.33. The number of rotatable bonds is 7. The maximum Gasteiger partial charge on any atom is 0.319 e. The second-order valence-electron chi connectivity index (χ2n) is 2.49. The van der Waals surface area contributed by atoms with Gasteiger partial charge in [-0.1, -0.05) is 6.08 Å². The molecule has 13 heavy (non-hydrogen) atoms. The Morgan fingerprint density at radius 3 is 2.69 bits per heavy atom. The molecular formula is C8H18NO3P. The van der Waals surface area contributed by atoms with E-state index in [2.05, 4.69) is 0 Å². The SMILES string of the molecule is C/C=C/N(C)CCO[PH](=O)OCC. The lowest BCUT2D eigenvalue weighted by molar-refractivity contribution is 0.218. The Labute approximate surface area is 80.5 Å². The molecule has 0 heterocycles. The van der Waals surface area contributed by atoms with Crippen LogP contribution < -0.4 is 0 Å². The van der Waals surface area contributed by atoms with Crippen molar-refractivity contribution in [1.29, 1.82) is 0 Å². The van der Waals surface area contributed by atoms with E-state index in [1.165, 1.54) is 0 Å². The molecule has 0 spiro atoms. The number of hydrogen-bond acceptors (Lipinski definition) is 4. The molecule has 0 bridgehead atoms. The second-order valence-corrected chi connectivity index (χ2v) is 3.57. The van der Waals surface area contributed by atoms with Gasteiger partial charge in [0.15, 0.2) is 0 Å². The van der Waals surface area contributed by atoms with Crippen molar-refractivity contribution in [2.45, 2.75) is 13.8 Å². The largest absolute Gasteiger partial charge is 0.378 e. The molecule has 0 aromatic carbocycles. The average Bonchev–Trinajstić information content (AvgIpc) is 2.05. The molecule has 0 fully saturated rings. The van der Waals surface area contributed by atoms with Crippen LogP contribution >= 0.6 is 8.25 Å². The van der Waals surface area contributed by atoms with Crippen LogP contribution in [0, 0.1) is 0 Å². The van der Waals surface area contributed by atoms with Gasteiger partial charge in [0, 0.05) is 13.6 Å². The molecule has 78 valence electrons. The predicted molar refractivity (Wildman–Crippen MR) is 54.0 cm³/mol. The minimum Gasteiger partial charge on any atom is -0.378 e. The number of likely N-dealkylation sites (N-methyl/N-ethyl adjacent to an activating group) is 1. The first-order chi connectivity index (χ1) is 6.20. The van der Waals surface area contributed by atoms with Gasteiger partial charge in [0.05, 0.1) is 13.2 Å². The minimum absolute atomic E-state index is 0.429. The Bertz CT molecular complexity index is 173. The zero-order chi connectivity index (χ0) is 10.1. The maximum absolute atomic E-state index is 10.9. The van der Waals surface area contributed by atoms with Crippen LogP contribution in [-0.2, 0) is 13.6 Å². The van der Waals surface area contributed by atoms with Crippen LogP contribution in [0.15, 0.2) is 12.3 Å². The molecule has 0 aliphatic heterocycles. The van der Waals surface area contributed by atoms with Crippen molar-refractivity contribution < 1.29 is 13.6 Å². The van der Waals surface area contributed by atoms with E-state index in [0.29, 0.717) is 19.8 Å². The maximum atomic E-state index is 10.9. The molecule has 0 saturated carbocycles. The lowest BCUT2D eigenvalue weighted by Crippen LogP contribution is -2.15. The van der Waals surface area contributed by atoms with Crippen LogP contribution in [0.4, 0.5) is 0 Å². The van der Waals surface area contributed by atoms with E-state index in [4.69, 9.17) is 9.05 Å². The van der Waals surface area contributed by atoms with Crippen LogP contribution in [0.3, 0.4) is 0 Å². The van der Waals surface area contributed by atoms with E-state index in [1.807, 2.05) is 31.1 Å². The summed E-state index contributed by atoms with van der Waals surface area (Å²) >= 11 is 0. The Kier molecular flexibility index (Phi) is 8.10. The van der Waals surface area contributed by atoms with Crippen LogP contribution in [0.2, 0.25) is 0 Å². The number of allylic oxidation sites excluding steroid dienone is 1. The molecule has 0 saturated heterocycles. The Balaban J connectivity index is 3.39. The van der Waals surface area contributed by atoms with Gasteiger partial charge in [-0.05, 0) is 20.0 Å². The standard InChI is InChI=1S/C8H18NO3P/c1-4-6-9(3)7-8-12-13(10)11-5-2/h4,6,13H,5,7-8H2,1-3H3/b6-4+. The molecule has 1 unspecified atom stereocenters. The molecule has 5 heteroatoms. The molecule has 4 nitrogen and oxygen atoms in total. The summed E-state index contributed by atoms with van der Waals surface area (Å²) < 4.78 is 20.6. The first-order valence-corrected chi connectivity index (χ1v) is 5.55. The van der Waals surface area contributed by atoms with Gasteiger partial charge in [0.25, 0.3) is 0 Å². The zero-order valence-corrected chi connectivity index (χ0v) is 9.45. The van der Waals surface area contributed by atoms with Crippen molar-refractivity contribution in [3.63, 3.8) is 0 Å². The zero-order valence-electron chi connectivity index (χ0n) is 8.45. The first-order valence-electron chi connectivity index (χ1n) is 4.33. The Morgan fingerprint density at radius 2 is 2.15 bits per heavy atom. The Hall–Kier alpha value is -0.310. The summed E-state index contributed by atoms with van der Waals surface area (Å²) in [4.78, 5) is 1.96. The van der Waals surface area contributed by atoms with Gasteiger partial charge in [-0.25, -0.2) is 0 Å². The summed E-state index contributed by atoms with van der Waals surface area (Å²) in [6.45, 7) is 5.31. The van der Waals surface area contributed by atoms with Gasteiger partial charge < -0.3 is 13.9 Å². The third-order valence-corrected chi connectivity index (χ3v) is 2.29. The monoisotopic (exact) mass is 207 g/mol. The summed E-state index contributed by atoms with van der Waals surface area (Å²) in [5.41, 5.74) is 0. The number of hydrogen-bond donors (Lipinski definition) is 0. The molecule has 0 radical (unpaired) electrons. The van der Waals surface area contributed by atoms with Crippen LogP contribution in [-0.4, -0.2) is 31.7 Å². The normalized spacial score (nSPS) is 13.5. The van der Waals surface area contributed by atoms with Crippen LogP contribution in [0.1, 0.15) is 13.8 Å². The molecule has 0 aromatic rings. The van der Waals surface area contributed by atoms with Crippen molar-refractivity contribution in [1.82, 2.24) is 4.90 Å². The third-order valence-electron chi connectivity index (χ3n) is 1.33. The Morgan fingerprint density at radius 1 is 1.46 bits per heavy atom. The van der Waals surface area contributed by atoms with Crippen molar-refractivity contribution >= 4 is 8.25 Å². The molecule has 0 rings (SSSR count). The van der Waals surface area contributed by atoms with Gasteiger partial charge >= 0.3 is 8.25 Å². The minimum atomic E-state index is -2.25. The molecule has 1 atom stereocenters. The van der Waals surface area contributed by atoms with Crippen molar-refractivity contribution in [3.8, 4) is 0 Å². The van der Waals surface area contributed by atoms with Crippen molar-refractivity contribution in [2.75, 3.05) is 26.8 Å². The lowest BCUT2D eigenvalue weighted by Gasteiger charge is -2.12. The lowest BCUT2D eigenvalue weighted by atomic mass is 10.6. The number of nitrogens with zero attached hydrogens (tertiary/aromatic N) is 1. The third kappa shape index (κ3) is 8.03. The fourth-order valence-corrected chi connectivity index (χ4v) is 1.34. The van der Waals surface area contributed by atoms with E-state index >= 15 is 0 Å². The van der Waals surface area contributed by atoms with Crippen LogP contribution in [0.25, 0.3) is 0 Å². The summed E-state index contributed by atoms with van der Waals surface area (Å²) in [6.07, 6.45) is 3.87. The van der Waals surface area contributed by atoms with E-state index in [-0.39, 0.29) is 0 Å². The fourth-order valence-electron chi connectivity index (χ4n) is 0.762. The topological polar surface area (TPSA) is 38.8 Å². The molecule has 0 N–H and O–H groups in total. The van der Waals surface area contributed by atoms with Crippen molar-refractivity contribution in [2.24, 2.45) is 0 Å². The van der Waals surface area contributed by atoms with Crippen molar-refractivity contribution in [3.05, 3.63) is 12.3 Å². The summed E-state index contributed by atoms with van der Waals surface area (Å²) in [5.74, 6) is 0. The summed E-state index contributed by atoms with van der Waals surface area (Å²) in [7, 11) is -0.320. The van der Waals surface area contributed by atoms with Gasteiger partial charge in [0.2, 0.25) is 0 Å². The average molecular weight is 207 g/mol. The highest BCUT2D eigenvalue weighted by Gasteiger charge is 1.97. The summed E-state index contributed by atoms with van der Waals surface area (Å²) in [6, 6.07) is 0. The van der Waals surface area contributed by atoms with E-state index in [9.17, 15) is 4.57 Å². The van der Waals surface area contributed by atoms with E-state index < -0.39 is 8.25 Å². The highest BCUT2D eigenvalue weighted by atomic mass is 31.1. The smallest absolute Gasteiger partial charge is 0.319 e. The van der Waals surface area contributed by atoms with Gasteiger partial charge in [-0.3, -0.25) is 4.57 Å². The quantitative estimate of drug-likeness (QED) is 0.597. The predicted octanol–water partition coefficient (Wildman–Crippen LogP) is 1.89. The molecule has 0 aliphatic rings. The van der Waals surface area contributed by atoms with Gasteiger partial charge in [-0.2, -0.15) is 0 Å². The first kappa shape index (κ1) is 12.7. The van der Waals surface area contributed by atoms with E-state index in [0.717, 1.165) is 0 Å².